The van der Waals surface area contributed by atoms with Crippen LogP contribution in [0, 0.1) is 23.2 Å². The number of hydrogen-bond donors (Lipinski definition) is 1. The molecular formula is C22H38N4O5. The van der Waals surface area contributed by atoms with Gasteiger partial charge in [0.15, 0.2) is 0 Å². The van der Waals surface area contributed by atoms with Crippen molar-refractivity contribution in [1.82, 2.24) is 9.80 Å². The quantitative estimate of drug-likeness (QED) is 0.669. The van der Waals surface area contributed by atoms with Crippen LogP contribution in [0.5, 0.6) is 0 Å². The lowest BCUT2D eigenvalue weighted by Crippen LogP contribution is -2.45. The van der Waals surface area contributed by atoms with Gasteiger partial charge in [-0.3, -0.25) is 14.6 Å². The van der Waals surface area contributed by atoms with Crippen LogP contribution in [0.15, 0.2) is 0 Å². The molecule has 176 valence electrons. The molecule has 2 N–H and O–H groups in total. The largest absolute Gasteiger partial charge is 0.444 e. The monoisotopic (exact) mass is 438 g/mol. The van der Waals surface area contributed by atoms with Crippen molar-refractivity contribution in [3.63, 3.8) is 0 Å². The maximum Gasteiger partial charge on any atom is 0.411 e. The summed E-state index contributed by atoms with van der Waals surface area (Å²) in [6.07, 6.45) is 0.531. The molecule has 3 amide bonds. The van der Waals surface area contributed by atoms with Gasteiger partial charge in [-0.25, -0.2) is 9.59 Å². The summed E-state index contributed by atoms with van der Waals surface area (Å²) in [6.45, 7) is 16.0. The molecular weight excluding hydrogens is 400 g/mol. The highest BCUT2D eigenvalue weighted by atomic mass is 16.6. The topological polar surface area (TPSA) is 126 Å². The Morgan fingerprint density at radius 1 is 0.871 bits per heavy atom. The number of hydrogen-bond acceptors (Lipinski definition) is 6. The summed E-state index contributed by atoms with van der Waals surface area (Å²) in [5.74, 6) is 0.197. The van der Waals surface area contributed by atoms with E-state index in [1.807, 2.05) is 34.6 Å². The number of ether oxygens (including phenoxy) is 2. The second-order valence-corrected chi connectivity index (χ2v) is 10.5. The molecule has 0 aromatic carbocycles. The van der Waals surface area contributed by atoms with E-state index in [0.29, 0.717) is 25.4 Å². The van der Waals surface area contributed by atoms with Crippen LogP contribution in [0.25, 0.3) is 0 Å². The molecule has 0 saturated carbocycles. The normalized spacial score (nSPS) is 25.9. The summed E-state index contributed by atoms with van der Waals surface area (Å²) in [5, 5.41) is 8.90. The van der Waals surface area contributed by atoms with Crippen molar-refractivity contribution in [2.24, 2.45) is 17.6 Å². The average Bonchev–Trinajstić information content (AvgIpc) is 3.15. The van der Waals surface area contributed by atoms with E-state index < -0.39 is 29.2 Å². The number of carbonyl (C=O) groups is 3. The molecule has 9 heteroatoms. The van der Waals surface area contributed by atoms with E-state index in [9.17, 15) is 14.4 Å². The fourth-order valence-corrected chi connectivity index (χ4v) is 3.53. The Hall–Kier alpha value is -2.50. The maximum atomic E-state index is 11.8. The van der Waals surface area contributed by atoms with E-state index in [1.165, 1.54) is 9.80 Å². The van der Waals surface area contributed by atoms with Gasteiger partial charge in [0.2, 0.25) is 5.91 Å². The fraction of sp³-hybridized carbons (Fsp3) is 0.818. The number of primary amides is 1. The third-order valence-corrected chi connectivity index (χ3v) is 4.75. The van der Waals surface area contributed by atoms with E-state index in [-0.39, 0.29) is 18.1 Å². The Morgan fingerprint density at radius 3 is 1.71 bits per heavy atom. The smallest absolute Gasteiger partial charge is 0.411 e. The van der Waals surface area contributed by atoms with Gasteiger partial charge in [-0.2, -0.15) is 5.26 Å². The minimum atomic E-state index is -0.550. The molecule has 31 heavy (non-hydrogen) atoms. The Morgan fingerprint density at radius 2 is 1.29 bits per heavy atom. The van der Waals surface area contributed by atoms with Crippen molar-refractivity contribution in [3.05, 3.63) is 0 Å². The van der Waals surface area contributed by atoms with Crippen molar-refractivity contribution in [2.75, 3.05) is 13.1 Å². The van der Waals surface area contributed by atoms with Crippen LogP contribution < -0.4 is 5.73 Å². The van der Waals surface area contributed by atoms with Crippen LogP contribution in [0.2, 0.25) is 0 Å². The van der Waals surface area contributed by atoms with Crippen LogP contribution >= 0.6 is 0 Å². The molecule has 2 fully saturated rings. The fourth-order valence-electron chi connectivity index (χ4n) is 3.53. The molecule has 0 spiro atoms. The third kappa shape index (κ3) is 8.64. The number of likely N-dealkylation sites (tertiary alicyclic amines) is 2. The first-order chi connectivity index (χ1) is 14.0. The molecule has 0 radical (unpaired) electrons. The van der Waals surface area contributed by atoms with Gasteiger partial charge < -0.3 is 15.2 Å². The Labute approximate surface area is 185 Å². The first kappa shape index (κ1) is 26.5. The molecule has 0 unspecified atom stereocenters. The van der Waals surface area contributed by atoms with Crippen molar-refractivity contribution in [3.8, 4) is 6.07 Å². The Bertz CT molecular complexity index is 704. The first-order valence-corrected chi connectivity index (χ1v) is 10.7. The minimum Gasteiger partial charge on any atom is -0.444 e. The molecule has 2 aliphatic heterocycles. The zero-order chi connectivity index (χ0) is 24.1. The van der Waals surface area contributed by atoms with Crippen LogP contribution in [0.1, 0.15) is 68.2 Å². The molecule has 0 bridgehead atoms. The van der Waals surface area contributed by atoms with Crippen molar-refractivity contribution in [1.29, 1.82) is 5.26 Å². The number of nitrogens with two attached hydrogens (primary N) is 1. The molecule has 2 heterocycles. The average molecular weight is 439 g/mol. The van der Waals surface area contributed by atoms with E-state index in [0.717, 1.165) is 6.42 Å². The number of carbonyl (C=O) groups excluding carboxylic acids is 3. The lowest BCUT2D eigenvalue weighted by Gasteiger charge is -2.27. The van der Waals surface area contributed by atoms with Gasteiger partial charge in [-0.1, -0.05) is 13.8 Å². The number of rotatable bonds is 1. The molecule has 9 nitrogen and oxygen atoms in total. The van der Waals surface area contributed by atoms with Crippen LogP contribution in [-0.4, -0.2) is 64.3 Å². The van der Waals surface area contributed by atoms with Crippen LogP contribution in [-0.2, 0) is 14.3 Å². The van der Waals surface area contributed by atoms with Gasteiger partial charge in [-0.15, -0.1) is 0 Å². The molecule has 2 rings (SSSR count). The molecule has 0 aliphatic carbocycles. The van der Waals surface area contributed by atoms with E-state index in [4.69, 9.17) is 20.5 Å². The predicted molar refractivity (Wildman–Crippen MR) is 116 cm³/mol. The van der Waals surface area contributed by atoms with Gasteiger partial charge in [0.1, 0.15) is 23.3 Å². The Balaban J connectivity index is 0.000000311. The summed E-state index contributed by atoms with van der Waals surface area (Å²) in [6, 6.07) is 1.29. The highest BCUT2D eigenvalue weighted by molar-refractivity contribution is 5.85. The molecule has 2 aliphatic rings. The Kier molecular flexibility index (Phi) is 8.74. The minimum absolute atomic E-state index is 0.282. The van der Waals surface area contributed by atoms with Crippen LogP contribution in [0.4, 0.5) is 9.59 Å². The van der Waals surface area contributed by atoms with E-state index in [1.54, 1.807) is 20.8 Å². The third-order valence-electron chi connectivity index (χ3n) is 4.75. The highest BCUT2D eigenvalue weighted by Gasteiger charge is 2.39. The predicted octanol–water partition coefficient (Wildman–Crippen LogP) is 3.27. The summed E-state index contributed by atoms with van der Waals surface area (Å²) < 4.78 is 10.5. The molecule has 4 atom stereocenters. The second kappa shape index (κ2) is 10.2. The molecule has 0 aromatic heterocycles. The van der Waals surface area contributed by atoms with Crippen molar-refractivity contribution in [2.45, 2.75) is 91.5 Å². The highest BCUT2D eigenvalue weighted by Crippen LogP contribution is 2.25. The number of nitrogens with zero attached hydrogens (tertiary/aromatic N) is 3. The second-order valence-electron chi connectivity index (χ2n) is 10.5. The van der Waals surface area contributed by atoms with Gasteiger partial charge in [0, 0.05) is 13.1 Å². The van der Waals surface area contributed by atoms with Gasteiger partial charge in [0.05, 0.1) is 6.07 Å². The van der Waals surface area contributed by atoms with Gasteiger partial charge in [0.25, 0.3) is 0 Å². The number of amides is 3. The maximum absolute atomic E-state index is 11.8. The molecule has 2 saturated heterocycles. The zero-order valence-electron chi connectivity index (χ0n) is 20.1. The van der Waals surface area contributed by atoms with Gasteiger partial charge >= 0.3 is 12.2 Å². The van der Waals surface area contributed by atoms with E-state index in [2.05, 4.69) is 6.07 Å². The number of nitriles is 1. The SMILES string of the molecule is C[C@@H]1C[C@@H](C#N)N(C(=O)OC(C)(C)C)C1.C[C@@H]1C[C@@H](C(N)=O)N(C(=O)OC(C)(C)C)C1. The molecule has 0 aromatic rings. The standard InChI is InChI=1S/C11H20N2O3.C11H18N2O2/c1-7-5-8(9(12)14)13(6-7)10(15)16-11(2,3)4;1-8-5-9(6-12)13(7-8)10(14)15-11(2,3)4/h7-8H,5-6H2,1-4H3,(H2,12,14);8-9H,5,7H2,1-4H3/t7-,8+;8-,9+/m11/s1. The summed E-state index contributed by atoms with van der Waals surface area (Å²) in [5.41, 5.74) is 4.22. The van der Waals surface area contributed by atoms with Crippen molar-refractivity contribution >= 4 is 18.1 Å². The van der Waals surface area contributed by atoms with Crippen LogP contribution in [0.3, 0.4) is 0 Å². The summed E-state index contributed by atoms with van der Waals surface area (Å²) in [4.78, 5) is 37.7. The lowest BCUT2D eigenvalue weighted by atomic mass is 10.1. The van der Waals surface area contributed by atoms with Crippen molar-refractivity contribution < 1.29 is 23.9 Å². The van der Waals surface area contributed by atoms with Gasteiger partial charge in [-0.05, 0) is 66.2 Å². The first-order valence-electron chi connectivity index (χ1n) is 10.7. The summed E-state index contributed by atoms with van der Waals surface area (Å²) in [7, 11) is 0. The lowest BCUT2D eigenvalue weighted by molar-refractivity contribution is -0.122. The van der Waals surface area contributed by atoms with E-state index >= 15 is 0 Å². The zero-order valence-corrected chi connectivity index (χ0v) is 20.1. The summed E-state index contributed by atoms with van der Waals surface area (Å²) >= 11 is 0.